The van der Waals surface area contributed by atoms with E-state index in [1.807, 2.05) is 19.1 Å². The van der Waals surface area contributed by atoms with Crippen molar-refractivity contribution in [1.29, 1.82) is 0 Å². The summed E-state index contributed by atoms with van der Waals surface area (Å²) in [6.45, 7) is 6.26. The van der Waals surface area contributed by atoms with Gasteiger partial charge in [-0.05, 0) is 48.7 Å². The number of benzene rings is 3. The van der Waals surface area contributed by atoms with Crippen molar-refractivity contribution in [3.63, 3.8) is 0 Å². The summed E-state index contributed by atoms with van der Waals surface area (Å²) in [5.74, 6) is 1.25. The van der Waals surface area contributed by atoms with E-state index in [1.165, 1.54) is 11.1 Å². The number of rotatable bonds is 9. The Bertz CT molecular complexity index is 990. The lowest BCUT2D eigenvalue weighted by Crippen LogP contribution is -2.13. The van der Waals surface area contributed by atoms with Gasteiger partial charge in [0, 0.05) is 24.2 Å². The largest absolute Gasteiger partial charge is 0.490 e. The first-order valence-electron chi connectivity index (χ1n) is 9.74. The molecule has 30 heavy (non-hydrogen) atoms. The highest BCUT2D eigenvalue weighted by atomic mass is 35.5. The zero-order chi connectivity index (χ0) is 21.5. The van der Waals surface area contributed by atoms with Gasteiger partial charge in [-0.2, -0.15) is 0 Å². The Morgan fingerprint density at radius 1 is 0.733 bits per heavy atom. The van der Waals surface area contributed by atoms with Crippen LogP contribution in [0.2, 0.25) is 15.1 Å². The van der Waals surface area contributed by atoms with Gasteiger partial charge >= 0.3 is 0 Å². The second kappa shape index (κ2) is 10.9. The number of nitrogens with one attached hydrogen (secondary N) is 1. The minimum Gasteiger partial charge on any atom is -0.490 e. The van der Waals surface area contributed by atoms with E-state index in [-0.39, 0.29) is 0 Å². The monoisotopic (exact) mass is 463 g/mol. The van der Waals surface area contributed by atoms with E-state index in [0.29, 0.717) is 46.3 Å². The van der Waals surface area contributed by atoms with Crippen LogP contribution in [0.1, 0.15) is 29.2 Å². The predicted octanol–water partition coefficient (Wildman–Crippen LogP) is 7.22. The number of aryl methyl sites for hydroxylation is 1. The second-order valence-corrected chi connectivity index (χ2v) is 8.17. The van der Waals surface area contributed by atoms with E-state index in [1.54, 1.807) is 18.2 Å². The summed E-state index contributed by atoms with van der Waals surface area (Å²) in [7, 11) is 0. The van der Waals surface area contributed by atoms with Gasteiger partial charge in [0.2, 0.25) is 0 Å². The lowest BCUT2D eigenvalue weighted by molar-refractivity contribution is 0.269. The highest BCUT2D eigenvalue weighted by molar-refractivity contribution is 6.42. The number of ether oxygens (including phenoxy) is 2. The van der Waals surface area contributed by atoms with E-state index in [9.17, 15) is 0 Å². The zero-order valence-electron chi connectivity index (χ0n) is 17.0. The van der Waals surface area contributed by atoms with Crippen molar-refractivity contribution in [2.24, 2.45) is 0 Å². The average Bonchev–Trinajstić information content (AvgIpc) is 2.73. The van der Waals surface area contributed by atoms with Crippen LogP contribution in [0.25, 0.3) is 0 Å². The third-order valence-corrected chi connectivity index (χ3v) is 5.65. The van der Waals surface area contributed by atoms with E-state index in [4.69, 9.17) is 44.3 Å². The molecule has 0 atom stereocenters. The van der Waals surface area contributed by atoms with Crippen molar-refractivity contribution in [3.05, 3.63) is 91.9 Å². The molecule has 0 saturated heterocycles. The molecule has 3 nitrogen and oxygen atoms in total. The summed E-state index contributed by atoms with van der Waals surface area (Å²) in [5.41, 5.74) is 4.34. The van der Waals surface area contributed by atoms with Gasteiger partial charge in [-0.15, -0.1) is 0 Å². The molecule has 0 radical (unpaired) electrons. The zero-order valence-corrected chi connectivity index (χ0v) is 19.2. The normalized spacial score (nSPS) is 10.8. The van der Waals surface area contributed by atoms with Crippen molar-refractivity contribution in [2.75, 3.05) is 6.61 Å². The molecule has 6 heteroatoms. The molecule has 0 aromatic heterocycles. The molecule has 3 rings (SSSR count). The van der Waals surface area contributed by atoms with E-state index < -0.39 is 0 Å². The highest BCUT2D eigenvalue weighted by Gasteiger charge is 2.12. The van der Waals surface area contributed by atoms with Crippen LogP contribution in [-0.4, -0.2) is 6.61 Å². The Hall–Kier alpha value is -1.91. The Morgan fingerprint density at radius 2 is 1.43 bits per heavy atom. The molecule has 0 heterocycles. The Balaban J connectivity index is 1.67. The van der Waals surface area contributed by atoms with Crippen molar-refractivity contribution in [1.82, 2.24) is 5.32 Å². The van der Waals surface area contributed by atoms with Crippen LogP contribution in [0.4, 0.5) is 0 Å². The first-order chi connectivity index (χ1) is 14.5. The molecule has 0 spiro atoms. The lowest BCUT2D eigenvalue weighted by Gasteiger charge is -2.15. The Labute approximate surface area is 192 Å². The first-order valence-corrected chi connectivity index (χ1v) is 10.9. The summed E-state index contributed by atoms with van der Waals surface area (Å²) < 4.78 is 11.7. The van der Waals surface area contributed by atoms with Crippen molar-refractivity contribution >= 4 is 34.8 Å². The van der Waals surface area contributed by atoms with Gasteiger partial charge in [-0.3, -0.25) is 0 Å². The fourth-order valence-electron chi connectivity index (χ4n) is 2.93. The van der Waals surface area contributed by atoms with E-state index in [0.717, 1.165) is 17.7 Å². The summed E-state index contributed by atoms with van der Waals surface area (Å²) in [6, 6.07) is 17.6. The van der Waals surface area contributed by atoms with E-state index >= 15 is 0 Å². The molecule has 158 valence electrons. The standard InChI is InChI=1S/C24H24Cl3NO2/c1-3-29-23-11-19(14-28-13-17-6-4-16(2)5-7-17)21(26)12-24(23)30-15-18-8-9-20(25)22(27)10-18/h4-12,28H,3,13-15H2,1-2H3. The van der Waals surface area contributed by atoms with Gasteiger partial charge < -0.3 is 14.8 Å². The third-order valence-electron chi connectivity index (χ3n) is 4.56. The number of hydrogen-bond acceptors (Lipinski definition) is 3. The Kier molecular flexibility index (Phi) is 8.29. The topological polar surface area (TPSA) is 30.5 Å². The average molecular weight is 465 g/mol. The van der Waals surface area contributed by atoms with Crippen LogP contribution in [0, 0.1) is 6.92 Å². The minimum atomic E-state index is 0.332. The predicted molar refractivity (Wildman–Crippen MR) is 125 cm³/mol. The molecule has 0 aliphatic heterocycles. The van der Waals surface area contributed by atoms with Gasteiger partial charge in [-0.1, -0.05) is 70.7 Å². The van der Waals surface area contributed by atoms with Crippen LogP contribution in [0.3, 0.4) is 0 Å². The molecule has 0 fully saturated rings. The molecule has 0 amide bonds. The molecule has 1 N–H and O–H groups in total. The van der Waals surface area contributed by atoms with Gasteiger partial charge in [0.15, 0.2) is 11.5 Å². The first kappa shape index (κ1) is 22.8. The minimum absolute atomic E-state index is 0.332. The quantitative estimate of drug-likeness (QED) is 0.362. The number of hydrogen-bond donors (Lipinski definition) is 1. The SMILES string of the molecule is CCOc1cc(CNCc2ccc(C)cc2)c(Cl)cc1OCc1ccc(Cl)c(Cl)c1. The molecule has 0 saturated carbocycles. The van der Waals surface area contributed by atoms with Crippen LogP contribution in [-0.2, 0) is 19.7 Å². The summed E-state index contributed by atoms with van der Waals surface area (Å²) in [6.07, 6.45) is 0. The molecular formula is C24H24Cl3NO2. The van der Waals surface area contributed by atoms with E-state index in [2.05, 4.69) is 36.5 Å². The van der Waals surface area contributed by atoms with Crippen LogP contribution in [0.5, 0.6) is 11.5 Å². The summed E-state index contributed by atoms with van der Waals surface area (Å²) in [5, 5.41) is 5.06. The smallest absolute Gasteiger partial charge is 0.163 e. The molecule has 0 bridgehead atoms. The van der Waals surface area contributed by atoms with Crippen molar-refractivity contribution in [2.45, 2.75) is 33.5 Å². The number of halogens is 3. The molecular weight excluding hydrogens is 441 g/mol. The van der Waals surface area contributed by atoms with Crippen molar-refractivity contribution in [3.8, 4) is 11.5 Å². The maximum Gasteiger partial charge on any atom is 0.163 e. The molecule has 0 aliphatic carbocycles. The molecule has 3 aromatic carbocycles. The maximum absolute atomic E-state index is 6.52. The summed E-state index contributed by atoms with van der Waals surface area (Å²) in [4.78, 5) is 0. The Morgan fingerprint density at radius 3 is 2.13 bits per heavy atom. The van der Waals surface area contributed by atoms with Crippen LogP contribution >= 0.6 is 34.8 Å². The van der Waals surface area contributed by atoms with Gasteiger partial charge in [0.1, 0.15) is 6.61 Å². The third kappa shape index (κ3) is 6.29. The lowest BCUT2D eigenvalue weighted by atomic mass is 10.1. The van der Waals surface area contributed by atoms with Gasteiger partial charge in [0.05, 0.1) is 16.7 Å². The van der Waals surface area contributed by atoms with Gasteiger partial charge in [-0.25, -0.2) is 0 Å². The molecule has 0 unspecified atom stereocenters. The fourth-order valence-corrected chi connectivity index (χ4v) is 3.47. The maximum atomic E-state index is 6.52. The summed E-state index contributed by atoms with van der Waals surface area (Å²) >= 11 is 18.6. The molecule has 3 aromatic rings. The van der Waals surface area contributed by atoms with Crippen LogP contribution < -0.4 is 14.8 Å². The second-order valence-electron chi connectivity index (χ2n) is 6.95. The van der Waals surface area contributed by atoms with Crippen molar-refractivity contribution < 1.29 is 9.47 Å². The van der Waals surface area contributed by atoms with Gasteiger partial charge in [0.25, 0.3) is 0 Å². The molecule has 0 aliphatic rings. The fraction of sp³-hybridized carbons (Fsp3) is 0.250. The highest BCUT2D eigenvalue weighted by Crippen LogP contribution is 2.34. The van der Waals surface area contributed by atoms with Crippen LogP contribution in [0.15, 0.2) is 54.6 Å².